The highest BCUT2D eigenvalue weighted by molar-refractivity contribution is 5.89. The molecule has 10 heteroatoms. The molecule has 10 nitrogen and oxygen atoms in total. The highest BCUT2D eigenvalue weighted by atomic mass is 16.5. The number of piperidine rings is 1. The minimum absolute atomic E-state index is 0.00585. The highest BCUT2D eigenvalue weighted by Gasteiger charge is 2.22. The van der Waals surface area contributed by atoms with Crippen LogP contribution >= 0.6 is 0 Å². The zero-order valence-electron chi connectivity index (χ0n) is 21.7. The zero-order valence-corrected chi connectivity index (χ0v) is 21.7. The van der Waals surface area contributed by atoms with Gasteiger partial charge in [-0.3, -0.25) is 4.79 Å². The first kappa shape index (κ1) is 26.4. The minimum atomic E-state index is -0.309. The van der Waals surface area contributed by atoms with E-state index in [9.17, 15) is 14.9 Å². The monoisotopic (exact) mass is 514 g/mol. The van der Waals surface area contributed by atoms with E-state index in [1.165, 1.54) is 7.11 Å². The third-order valence-electron chi connectivity index (χ3n) is 6.42. The van der Waals surface area contributed by atoms with E-state index in [4.69, 9.17) is 9.47 Å². The second-order valence-electron chi connectivity index (χ2n) is 9.01. The third-order valence-corrected chi connectivity index (χ3v) is 6.42. The van der Waals surface area contributed by atoms with Gasteiger partial charge in [0.2, 0.25) is 5.91 Å². The summed E-state index contributed by atoms with van der Waals surface area (Å²) in [6.07, 6.45) is 3.52. The molecule has 1 aromatic heterocycles. The van der Waals surface area contributed by atoms with Crippen molar-refractivity contribution in [2.45, 2.75) is 32.2 Å². The average molecular weight is 515 g/mol. The number of nitriles is 1. The maximum atomic E-state index is 12.7. The molecule has 1 fully saturated rings. The van der Waals surface area contributed by atoms with Crippen molar-refractivity contribution in [1.29, 1.82) is 5.26 Å². The number of aromatic nitrogens is 2. The van der Waals surface area contributed by atoms with E-state index >= 15 is 0 Å². The van der Waals surface area contributed by atoms with Gasteiger partial charge >= 0.3 is 6.03 Å². The normalized spacial score (nSPS) is 13.4. The lowest BCUT2D eigenvalue weighted by molar-refractivity contribution is -0.129. The van der Waals surface area contributed by atoms with Gasteiger partial charge in [0.1, 0.15) is 23.4 Å². The van der Waals surface area contributed by atoms with Crippen molar-refractivity contribution in [3.63, 3.8) is 0 Å². The van der Waals surface area contributed by atoms with Crippen LogP contribution in [0.5, 0.6) is 11.5 Å². The molecule has 0 atom stereocenters. The van der Waals surface area contributed by atoms with Crippen LogP contribution in [0.15, 0.2) is 48.7 Å². The van der Waals surface area contributed by atoms with Gasteiger partial charge in [-0.05, 0) is 54.8 Å². The molecule has 0 radical (unpaired) electrons. The lowest BCUT2D eigenvalue weighted by atomic mass is 10.1. The Balaban J connectivity index is 1.46. The number of carbonyl (C=O) groups is 2. The molecular formula is C28H30N6O4. The Morgan fingerprint density at radius 1 is 1.11 bits per heavy atom. The number of ether oxygens (including phenoxy) is 2. The molecule has 2 heterocycles. The maximum absolute atomic E-state index is 12.7. The molecule has 2 N–H and O–H groups in total. The number of benzene rings is 2. The van der Waals surface area contributed by atoms with E-state index < -0.39 is 0 Å². The lowest BCUT2D eigenvalue weighted by Gasteiger charge is -2.31. The predicted molar refractivity (Wildman–Crippen MR) is 142 cm³/mol. The van der Waals surface area contributed by atoms with Gasteiger partial charge < -0.3 is 25.0 Å². The van der Waals surface area contributed by atoms with Crippen LogP contribution in [0.2, 0.25) is 0 Å². The Bertz CT molecular complexity index is 1360. The third kappa shape index (κ3) is 6.56. The fourth-order valence-electron chi connectivity index (χ4n) is 4.43. The summed E-state index contributed by atoms with van der Waals surface area (Å²) in [4.78, 5) is 35.1. The number of nitrogens with one attached hydrogen (secondary N) is 2. The number of likely N-dealkylation sites (tertiary alicyclic amines) is 1. The molecule has 1 aliphatic rings. The van der Waals surface area contributed by atoms with Gasteiger partial charge in [0, 0.05) is 56.0 Å². The van der Waals surface area contributed by atoms with Gasteiger partial charge in [-0.2, -0.15) is 5.26 Å². The first-order valence-corrected chi connectivity index (χ1v) is 12.3. The molecule has 0 saturated carbocycles. The van der Waals surface area contributed by atoms with E-state index in [0.29, 0.717) is 66.6 Å². The average Bonchev–Trinajstić information content (AvgIpc) is 2.92. The van der Waals surface area contributed by atoms with Crippen LogP contribution in [0.4, 0.5) is 10.5 Å². The molecule has 2 aromatic carbocycles. The van der Waals surface area contributed by atoms with Crippen molar-refractivity contribution in [3.8, 4) is 28.8 Å². The Labute approximate surface area is 221 Å². The van der Waals surface area contributed by atoms with E-state index in [1.807, 2.05) is 18.2 Å². The Morgan fingerprint density at radius 2 is 1.89 bits per heavy atom. The summed E-state index contributed by atoms with van der Waals surface area (Å²) >= 11 is 0. The fourth-order valence-corrected chi connectivity index (χ4v) is 4.43. The van der Waals surface area contributed by atoms with Crippen molar-refractivity contribution < 1.29 is 19.1 Å². The predicted octanol–water partition coefficient (Wildman–Crippen LogP) is 3.76. The molecule has 4 rings (SSSR count). The van der Waals surface area contributed by atoms with Crippen LogP contribution in [-0.4, -0.2) is 60.2 Å². The van der Waals surface area contributed by atoms with Crippen molar-refractivity contribution in [1.82, 2.24) is 20.2 Å². The van der Waals surface area contributed by atoms with E-state index in [0.717, 1.165) is 11.1 Å². The zero-order chi connectivity index (χ0) is 27.1. The summed E-state index contributed by atoms with van der Waals surface area (Å²) in [6.45, 7) is 2.83. The lowest BCUT2D eigenvalue weighted by Crippen LogP contribution is -2.47. The van der Waals surface area contributed by atoms with Crippen molar-refractivity contribution in [2.75, 3.05) is 32.6 Å². The van der Waals surface area contributed by atoms with Crippen LogP contribution in [0.25, 0.3) is 11.3 Å². The smallest absolute Gasteiger partial charge is 0.319 e. The molecule has 0 aliphatic carbocycles. The SMILES string of the molecule is COc1cc(Cc2nccc(-c3ccc(OC)c(C#N)c3)n2)cc(NC(=O)NC2CCN(C(C)=O)CC2)c1. The summed E-state index contributed by atoms with van der Waals surface area (Å²) in [5.74, 6) is 1.74. The second kappa shape index (κ2) is 12.1. The first-order valence-electron chi connectivity index (χ1n) is 12.3. The van der Waals surface area contributed by atoms with Crippen LogP contribution in [0.3, 0.4) is 0 Å². The van der Waals surface area contributed by atoms with Gasteiger partial charge in [-0.1, -0.05) is 0 Å². The van der Waals surface area contributed by atoms with E-state index in [1.54, 1.807) is 49.4 Å². The highest BCUT2D eigenvalue weighted by Crippen LogP contribution is 2.26. The Kier molecular flexibility index (Phi) is 8.38. The summed E-state index contributed by atoms with van der Waals surface area (Å²) in [6, 6.07) is 14.4. The number of amides is 3. The number of urea groups is 1. The van der Waals surface area contributed by atoms with E-state index in [2.05, 4.69) is 26.7 Å². The molecule has 0 bridgehead atoms. The summed E-state index contributed by atoms with van der Waals surface area (Å²) in [7, 11) is 3.10. The number of hydrogen-bond acceptors (Lipinski definition) is 7. The number of rotatable bonds is 7. The molecule has 1 aliphatic heterocycles. The number of hydrogen-bond donors (Lipinski definition) is 2. The molecule has 1 saturated heterocycles. The van der Waals surface area contributed by atoms with Gasteiger partial charge in [-0.25, -0.2) is 14.8 Å². The van der Waals surface area contributed by atoms with Crippen LogP contribution in [-0.2, 0) is 11.2 Å². The van der Waals surface area contributed by atoms with Gasteiger partial charge in [-0.15, -0.1) is 0 Å². The van der Waals surface area contributed by atoms with Crippen LogP contribution < -0.4 is 20.1 Å². The number of anilines is 1. The molecule has 196 valence electrons. The van der Waals surface area contributed by atoms with Crippen molar-refractivity contribution >= 4 is 17.6 Å². The number of nitrogens with zero attached hydrogens (tertiary/aromatic N) is 4. The van der Waals surface area contributed by atoms with Gasteiger partial charge in [0.25, 0.3) is 0 Å². The molecule has 3 aromatic rings. The van der Waals surface area contributed by atoms with Gasteiger partial charge in [0.05, 0.1) is 25.5 Å². The maximum Gasteiger partial charge on any atom is 0.319 e. The molecular weight excluding hydrogens is 484 g/mol. The molecule has 3 amide bonds. The van der Waals surface area contributed by atoms with Gasteiger partial charge in [0.15, 0.2) is 0 Å². The van der Waals surface area contributed by atoms with E-state index in [-0.39, 0.29) is 18.0 Å². The van der Waals surface area contributed by atoms with Crippen molar-refractivity contribution in [2.24, 2.45) is 0 Å². The standard InChI is InChI=1S/C28H30N6O4/c1-18(35)34-10-7-22(8-11-34)31-28(36)32-23-12-19(13-24(16-23)37-2)14-27-30-9-6-25(33-27)20-4-5-26(38-3)21(15-20)17-29/h4-6,9,12-13,15-16,22H,7-8,10-11,14H2,1-3H3,(H2,31,32,36). The molecule has 38 heavy (non-hydrogen) atoms. The summed E-state index contributed by atoms with van der Waals surface area (Å²) in [5.41, 5.74) is 3.34. The van der Waals surface area contributed by atoms with Crippen LogP contribution in [0, 0.1) is 11.3 Å². The van der Waals surface area contributed by atoms with Crippen LogP contribution in [0.1, 0.15) is 36.7 Å². The summed E-state index contributed by atoms with van der Waals surface area (Å²) in [5, 5.41) is 15.3. The second-order valence-corrected chi connectivity index (χ2v) is 9.01. The molecule has 0 unspecified atom stereocenters. The first-order chi connectivity index (χ1) is 18.4. The largest absolute Gasteiger partial charge is 0.497 e. The quantitative estimate of drug-likeness (QED) is 0.491. The Morgan fingerprint density at radius 3 is 2.58 bits per heavy atom. The topological polar surface area (TPSA) is 129 Å². The fraction of sp³-hybridized carbons (Fsp3) is 0.321. The molecule has 0 spiro atoms. The van der Waals surface area contributed by atoms with Crippen molar-refractivity contribution in [3.05, 3.63) is 65.6 Å². The number of carbonyl (C=O) groups excluding carboxylic acids is 2. The Hall–Kier alpha value is -4.65. The minimum Gasteiger partial charge on any atom is -0.497 e. The number of methoxy groups -OCH3 is 2. The summed E-state index contributed by atoms with van der Waals surface area (Å²) < 4.78 is 10.7.